The number of fused-ring (bicyclic) bond motifs is 1. The summed E-state index contributed by atoms with van der Waals surface area (Å²) in [7, 11) is 0. The van der Waals surface area contributed by atoms with Crippen LogP contribution in [0.4, 0.5) is 8.78 Å². The van der Waals surface area contributed by atoms with Crippen LogP contribution in [0.25, 0.3) is 11.1 Å². The minimum atomic E-state index is -0.897. The summed E-state index contributed by atoms with van der Waals surface area (Å²) in [5, 5.41) is 0. The molecule has 3 heteroatoms. The first-order chi connectivity index (χ1) is 14.1. The topological polar surface area (TPSA) is 9.23 Å². The molecule has 0 amide bonds. The lowest BCUT2D eigenvalue weighted by Crippen LogP contribution is -2.12. The van der Waals surface area contributed by atoms with E-state index in [1.165, 1.54) is 50.2 Å². The van der Waals surface area contributed by atoms with Gasteiger partial charge in [-0.05, 0) is 79.0 Å². The molecule has 2 fully saturated rings. The van der Waals surface area contributed by atoms with Crippen LogP contribution < -0.4 is 4.74 Å². The van der Waals surface area contributed by atoms with Crippen molar-refractivity contribution in [2.45, 2.75) is 64.7 Å². The lowest BCUT2D eigenvalue weighted by atomic mass is 9.84. The van der Waals surface area contributed by atoms with Crippen molar-refractivity contribution in [3.63, 3.8) is 0 Å². The normalized spacial score (nSPS) is 25.9. The van der Waals surface area contributed by atoms with Gasteiger partial charge in [-0.25, -0.2) is 4.39 Å². The number of hydrogen-bond acceptors (Lipinski definition) is 1. The van der Waals surface area contributed by atoms with Gasteiger partial charge in [0.25, 0.3) is 0 Å². The fourth-order valence-electron chi connectivity index (χ4n) is 5.85. The Balaban J connectivity index is 1.51. The summed E-state index contributed by atoms with van der Waals surface area (Å²) in [5.74, 6) is 1.51. The molecular weight excluding hydrogens is 366 g/mol. The van der Waals surface area contributed by atoms with E-state index in [4.69, 9.17) is 4.74 Å². The molecule has 0 heterocycles. The first-order valence-electron chi connectivity index (χ1n) is 11.3. The lowest BCUT2D eigenvalue weighted by Gasteiger charge is -2.21. The van der Waals surface area contributed by atoms with E-state index in [0.29, 0.717) is 18.1 Å². The number of halogens is 2. The van der Waals surface area contributed by atoms with Crippen LogP contribution in [0.1, 0.15) is 70.3 Å². The lowest BCUT2D eigenvalue weighted by molar-refractivity contribution is 0.295. The molecule has 0 radical (unpaired) electrons. The van der Waals surface area contributed by atoms with Gasteiger partial charge < -0.3 is 4.74 Å². The third kappa shape index (κ3) is 3.93. The monoisotopic (exact) mass is 398 g/mol. The van der Waals surface area contributed by atoms with Gasteiger partial charge in [0.2, 0.25) is 5.82 Å². The largest absolute Gasteiger partial charge is 0.490 e. The maximum Gasteiger partial charge on any atom is 0.201 e. The second-order valence-electron chi connectivity index (χ2n) is 8.85. The van der Waals surface area contributed by atoms with Crippen LogP contribution in [0.5, 0.6) is 5.75 Å². The first kappa shape index (κ1) is 20.4. The van der Waals surface area contributed by atoms with Crippen molar-refractivity contribution in [1.29, 1.82) is 0 Å². The zero-order chi connectivity index (χ0) is 20.4. The van der Waals surface area contributed by atoms with Crippen LogP contribution in [0.3, 0.4) is 0 Å². The molecule has 2 saturated carbocycles. The van der Waals surface area contributed by atoms with Gasteiger partial charge in [0.15, 0.2) is 11.6 Å². The molecule has 4 unspecified atom stereocenters. The van der Waals surface area contributed by atoms with Gasteiger partial charge in [-0.1, -0.05) is 51.0 Å². The predicted octanol–water partition coefficient (Wildman–Crippen LogP) is 7.74. The summed E-state index contributed by atoms with van der Waals surface area (Å²) in [6, 6.07) is 11.3. The van der Waals surface area contributed by atoms with Gasteiger partial charge in [0.05, 0.1) is 6.61 Å². The Labute approximate surface area is 173 Å². The second kappa shape index (κ2) is 8.85. The molecule has 4 rings (SSSR count). The van der Waals surface area contributed by atoms with Gasteiger partial charge in [-0.3, -0.25) is 0 Å². The maximum atomic E-state index is 14.6. The third-order valence-electron chi connectivity index (χ3n) is 7.17. The number of rotatable bonds is 7. The number of ether oxygens (including phenoxy) is 1. The second-order valence-corrected chi connectivity index (χ2v) is 8.85. The van der Waals surface area contributed by atoms with Crippen molar-refractivity contribution in [2.24, 2.45) is 17.8 Å². The number of hydrogen-bond donors (Lipinski definition) is 0. The van der Waals surface area contributed by atoms with E-state index in [9.17, 15) is 8.78 Å². The van der Waals surface area contributed by atoms with E-state index >= 15 is 0 Å². The Morgan fingerprint density at radius 2 is 1.59 bits per heavy atom. The van der Waals surface area contributed by atoms with Crippen molar-refractivity contribution in [3.05, 3.63) is 53.6 Å². The van der Waals surface area contributed by atoms with E-state index < -0.39 is 11.6 Å². The van der Waals surface area contributed by atoms with Crippen molar-refractivity contribution in [1.82, 2.24) is 0 Å². The molecule has 0 saturated heterocycles. The van der Waals surface area contributed by atoms with E-state index in [0.717, 1.165) is 29.7 Å². The maximum absolute atomic E-state index is 14.6. The van der Waals surface area contributed by atoms with Gasteiger partial charge in [-0.15, -0.1) is 0 Å². The molecule has 156 valence electrons. The summed E-state index contributed by atoms with van der Waals surface area (Å²) in [5.41, 5.74) is 2.38. The summed E-state index contributed by atoms with van der Waals surface area (Å²) in [6.07, 6.45) is 8.76. The van der Waals surface area contributed by atoms with Crippen molar-refractivity contribution >= 4 is 0 Å². The molecule has 2 aliphatic carbocycles. The minimum absolute atomic E-state index is 0.00964. The van der Waals surface area contributed by atoms with Crippen molar-refractivity contribution < 1.29 is 13.5 Å². The molecule has 0 aromatic heterocycles. The summed E-state index contributed by atoms with van der Waals surface area (Å²) < 4.78 is 34.3. The average Bonchev–Trinajstić information content (AvgIpc) is 3.33. The molecule has 29 heavy (non-hydrogen) atoms. The zero-order valence-electron chi connectivity index (χ0n) is 17.6. The highest BCUT2D eigenvalue weighted by atomic mass is 19.2. The van der Waals surface area contributed by atoms with E-state index in [-0.39, 0.29) is 5.75 Å². The zero-order valence-corrected chi connectivity index (χ0v) is 17.6. The van der Waals surface area contributed by atoms with Crippen LogP contribution in [-0.4, -0.2) is 6.61 Å². The van der Waals surface area contributed by atoms with E-state index in [2.05, 4.69) is 19.1 Å². The van der Waals surface area contributed by atoms with E-state index in [1.807, 2.05) is 19.1 Å². The van der Waals surface area contributed by atoms with Gasteiger partial charge in [0, 0.05) is 5.56 Å². The van der Waals surface area contributed by atoms with Gasteiger partial charge in [0.1, 0.15) is 0 Å². The molecule has 2 aliphatic rings. The Morgan fingerprint density at radius 3 is 2.31 bits per heavy atom. The standard InChI is InChI=1S/C26H32F2O/c1-3-5-17-10-11-23-20(17)12-13-21(23)18-6-8-19(9-7-18)22-14-15-24(29-16-4-2)26(28)25(22)27/h6-9,14-15,17,20-21,23H,3-5,10-13,16H2,1-2H3. The first-order valence-corrected chi connectivity index (χ1v) is 11.3. The minimum Gasteiger partial charge on any atom is -0.490 e. The quantitative estimate of drug-likeness (QED) is 0.463. The molecular formula is C26H32F2O. The highest BCUT2D eigenvalue weighted by Gasteiger charge is 2.44. The number of benzene rings is 2. The van der Waals surface area contributed by atoms with E-state index in [1.54, 1.807) is 6.07 Å². The van der Waals surface area contributed by atoms with Crippen LogP contribution in [-0.2, 0) is 0 Å². The molecule has 4 atom stereocenters. The van der Waals surface area contributed by atoms with Gasteiger partial charge >= 0.3 is 0 Å². The van der Waals surface area contributed by atoms with Crippen molar-refractivity contribution in [3.8, 4) is 16.9 Å². The summed E-state index contributed by atoms with van der Waals surface area (Å²) in [4.78, 5) is 0. The average molecular weight is 399 g/mol. The molecule has 0 bridgehead atoms. The highest BCUT2D eigenvalue weighted by Crippen LogP contribution is 2.55. The fourth-order valence-corrected chi connectivity index (χ4v) is 5.85. The third-order valence-corrected chi connectivity index (χ3v) is 7.17. The van der Waals surface area contributed by atoms with Crippen molar-refractivity contribution in [2.75, 3.05) is 6.61 Å². The Hall–Kier alpha value is -1.90. The summed E-state index contributed by atoms with van der Waals surface area (Å²) in [6.45, 7) is 4.61. The molecule has 1 nitrogen and oxygen atoms in total. The van der Waals surface area contributed by atoms with Crippen LogP contribution in [0, 0.1) is 29.4 Å². The molecule has 0 spiro atoms. The highest BCUT2D eigenvalue weighted by molar-refractivity contribution is 5.65. The molecule has 0 N–H and O–H groups in total. The van der Waals surface area contributed by atoms with Gasteiger partial charge in [-0.2, -0.15) is 4.39 Å². The summed E-state index contributed by atoms with van der Waals surface area (Å²) >= 11 is 0. The Kier molecular flexibility index (Phi) is 6.22. The van der Waals surface area contributed by atoms with Crippen LogP contribution in [0.2, 0.25) is 0 Å². The van der Waals surface area contributed by atoms with Crippen LogP contribution in [0.15, 0.2) is 36.4 Å². The molecule has 0 aliphatic heterocycles. The smallest absolute Gasteiger partial charge is 0.201 e. The molecule has 2 aromatic carbocycles. The SMILES string of the molecule is CCCOc1ccc(-c2ccc(C3CCC4C(CCC)CCC34)cc2)c(F)c1F. The fraction of sp³-hybridized carbons (Fsp3) is 0.538. The molecule has 2 aromatic rings. The Bertz CT molecular complexity index is 829. The predicted molar refractivity (Wildman–Crippen MR) is 114 cm³/mol. The van der Waals surface area contributed by atoms with Crippen LogP contribution >= 0.6 is 0 Å². The Morgan fingerprint density at radius 1 is 0.828 bits per heavy atom.